The van der Waals surface area contributed by atoms with Crippen LogP contribution in [0.25, 0.3) is 0 Å². The summed E-state index contributed by atoms with van der Waals surface area (Å²) in [5.41, 5.74) is 1.68. The summed E-state index contributed by atoms with van der Waals surface area (Å²) in [4.78, 5) is 30.1. The Morgan fingerprint density at radius 1 is 0.894 bits per heavy atom. The van der Waals surface area contributed by atoms with Gasteiger partial charge in [0.2, 0.25) is 11.8 Å². The third-order valence-electron chi connectivity index (χ3n) is 8.29. The van der Waals surface area contributed by atoms with Gasteiger partial charge in [-0.1, -0.05) is 90.6 Å². The van der Waals surface area contributed by atoms with Gasteiger partial charge in [-0.05, 0) is 72.5 Å². The Hall–Kier alpha value is -4.05. The summed E-state index contributed by atoms with van der Waals surface area (Å²) in [7, 11) is -2.80. The second-order valence-electron chi connectivity index (χ2n) is 11.5. The topological polar surface area (TPSA) is 96.0 Å². The Kier molecular flexibility index (Phi) is 11.4. The number of carbonyl (C=O) groups excluding carboxylic acids is 2. The number of nitrogens with one attached hydrogen (secondary N) is 1. The molecule has 2 amide bonds. The van der Waals surface area contributed by atoms with Crippen LogP contribution < -0.4 is 14.4 Å². The predicted octanol–water partition coefficient (Wildman–Crippen LogP) is 6.90. The van der Waals surface area contributed by atoms with Gasteiger partial charge in [-0.3, -0.25) is 13.9 Å². The lowest BCUT2D eigenvalue weighted by Gasteiger charge is -2.34. The lowest BCUT2D eigenvalue weighted by molar-refractivity contribution is -0.140. The van der Waals surface area contributed by atoms with Crippen LogP contribution in [0.2, 0.25) is 10.0 Å². The van der Waals surface area contributed by atoms with Crippen molar-refractivity contribution in [3.05, 3.63) is 124 Å². The van der Waals surface area contributed by atoms with E-state index in [0.29, 0.717) is 21.4 Å². The highest BCUT2D eigenvalue weighted by Crippen LogP contribution is 2.29. The Labute approximate surface area is 286 Å². The van der Waals surface area contributed by atoms with Gasteiger partial charge in [0.25, 0.3) is 10.0 Å². The van der Waals surface area contributed by atoms with Crippen molar-refractivity contribution in [3.63, 3.8) is 0 Å². The molecule has 1 aliphatic rings. The standard InChI is InChI=1S/C36H37Cl2N3O5S/c1-46-31-18-20-32(21-19-31)47(44,45)41(30-16-9-13-28(37)23-30)25-35(42)40(24-27-12-5-8-17-33(27)38)34(22-26-10-3-2-4-11-26)36(43)39-29-14-6-7-15-29/h2-5,8-13,16-21,23,29,34H,6-7,14-15,22,24-25H2,1H3,(H,39,43)/t34-/m1/s1. The van der Waals surface area contributed by atoms with Crippen LogP contribution in [0.1, 0.15) is 36.8 Å². The first-order valence-corrected chi connectivity index (χ1v) is 17.6. The van der Waals surface area contributed by atoms with E-state index in [1.807, 2.05) is 30.3 Å². The van der Waals surface area contributed by atoms with Gasteiger partial charge in [0.05, 0.1) is 17.7 Å². The fourth-order valence-electron chi connectivity index (χ4n) is 5.77. The van der Waals surface area contributed by atoms with E-state index in [4.69, 9.17) is 27.9 Å². The Bertz CT molecular complexity index is 1780. The molecule has 0 spiro atoms. The van der Waals surface area contributed by atoms with Crippen LogP contribution in [-0.4, -0.2) is 50.9 Å². The number of hydrogen-bond acceptors (Lipinski definition) is 5. The zero-order valence-electron chi connectivity index (χ0n) is 26.0. The number of nitrogens with zero attached hydrogens (tertiary/aromatic N) is 2. The van der Waals surface area contributed by atoms with Gasteiger partial charge in [-0.2, -0.15) is 0 Å². The van der Waals surface area contributed by atoms with E-state index in [2.05, 4.69) is 5.32 Å². The molecule has 0 unspecified atom stereocenters. The van der Waals surface area contributed by atoms with E-state index in [0.717, 1.165) is 35.6 Å². The molecule has 0 aliphatic heterocycles. The minimum absolute atomic E-state index is 0.0106. The summed E-state index contributed by atoms with van der Waals surface area (Å²) in [6.45, 7) is -0.610. The van der Waals surface area contributed by atoms with Crippen molar-refractivity contribution in [2.24, 2.45) is 0 Å². The summed E-state index contributed by atoms with van der Waals surface area (Å²) in [6, 6.07) is 27.8. The molecule has 1 aliphatic carbocycles. The van der Waals surface area contributed by atoms with Crippen LogP contribution >= 0.6 is 23.2 Å². The van der Waals surface area contributed by atoms with Gasteiger partial charge in [-0.25, -0.2) is 8.42 Å². The van der Waals surface area contributed by atoms with E-state index >= 15 is 0 Å². The molecular weight excluding hydrogens is 657 g/mol. The number of anilines is 1. The number of amides is 2. The van der Waals surface area contributed by atoms with E-state index in [1.54, 1.807) is 42.5 Å². The first-order valence-electron chi connectivity index (χ1n) is 15.5. The van der Waals surface area contributed by atoms with E-state index in [-0.39, 0.29) is 35.5 Å². The van der Waals surface area contributed by atoms with Crippen LogP contribution in [-0.2, 0) is 32.6 Å². The van der Waals surface area contributed by atoms with E-state index < -0.39 is 28.5 Å². The molecule has 8 nitrogen and oxygen atoms in total. The van der Waals surface area contributed by atoms with Crippen molar-refractivity contribution in [1.29, 1.82) is 0 Å². The van der Waals surface area contributed by atoms with Crippen LogP contribution in [0.5, 0.6) is 5.75 Å². The van der Waals surface area contributed by atoms with Crippen molar-refractivity contribution in [2.75, 3.05) is 18.0 Å². The molecule has 1 fully saturated rings. The highest BCUT2D eigenvalue weighted by Gasteiger charge is 2.36. The molecule has 11 heteroatoms. The molecule has 0 heterocycles. The first-order chi connectivity index (χ1) is 22.7. The van der Waals surface area contributed by atoms with E-state index in [1.165, 1.54) is 42.3 Å². The summed E-state index contributed by atoms with van der Waals surface area (Å²) < 4.78 is 34.7. The molecule has 4 aromatic carbocycles. The molecular formula is C36H37Cl2N3O5S. The maximum atomic E-state index is 14.6. The van der Waals surface area contributed by atoms with Crippen LogP contribution in [0.3, 0.4) is 0 Å². The monoisotopic (exact) mass is 693 g/mol. The zero-order chi connectivity index (χ0) is 33.4. The third kappa shape index (κ3) is 8.66. The average Bonchev–Trinajstić information content (AvgIpc) is 3.59. The number of rotatable bonds is 13. The quantitative estimate of drug-likeness (QED) is 0.164. The van der Waals surface area contributed by atoms with Crippen molar-refractivity contribution < 1.29 is 22.7 Å². The van der Waals surface area contributed by atoms with Crippen LogP contribution in [0, 0.1) is 0 Å². The first kappa shape index (κ1) is 34.3. The molecule has 47 heavy (non-hydrogen) atoms. The smallest absolute Gasteiger partial charge is 0.264 e. The highest BCUT2D eigenvalue weighted by atomic mass is 35.5. The molecule has 5 rings (SSSR count). The van der Waals surface area contributed by atoms with Gasteiger partial charge in [0, 0.05) is 29.1 Å². The number of ether oxygens (including phenoxy) is 1. The molecule has 1 N–H and O–H groups in total. The SMILES string of the molecule is COc1ccc(S(=O)(=O)N(CC(=O)N(Cc2ccccc2Cl)[C@H](Cc2ccccc2)C(=O)NC2CCCC2)c2cccc(Cl)c2)cc1. The molecule has 0 saturated heterocycles. The molecule has 4 aromatic rings. The Balaban J connectivity index is 1.57. The number of benzene rings is 4. The molecule has 246 valence electrons. The summed E-state index contributed by atoms with van der Waals surface area (Å²) in [6.07, 6.45) is 4.00. The minimum atomic E-state index is -4.28. The van der Waals surface area contributed by atoms with Crippen LogP contribution in [0.15, 0.2) is 108 Å². The third-order valence-corrected chi connectivity index (χ3v) is 10.7. The number of methoxy groups -OCH3 is 1. The number of carbonyl (C=O) groups is 2. The maximum Gasteiger partial charge on any atom is 0.264 e. The number of sulfonamides is 1. The largest absolute Gasteiger partial charge is 0.497 e. The lowest BCUT2D eigenvalue weighted by atomic mass is 10.0. The summed E-state index contributed by atoms with van der Waals surface area (Å²) in [5.74, 6) is -0.393. The van der Waals surface area contributed by atoms with Crippen molar-refractivity contribution in [3.8, 4) is 5.75 Å². The maximum absolute atomic E-state index is 14.6. The molecule has 0 radical (unpaired) electrons. The lowest BCUT2D eigenvalue weighted by Crippen LogP contribution is -2.54. The van der Waals surface area contributed by atoms with Gasteiger partial charge < -0.3 is 15.0 Å². The summed E-state index contributed by atoms with van der Waals surface area (Å²) >= 11 is 12.9. The van der Waals surface area contributed by atoms with Gasteiger partial charge >= 0.3 is 0 Å². The van der Waals surface area contributed by atoms with Gasteiger partial charge in [-0.15, -0.1) is 0 Å². The normalized spacial score (nSPS) is 13.9. The number of halogens is 2. The molecule has 0 aromatic heterocycles. The van der Waals surface area contributed by atoms with Crippen molar-refractivity contribution in [1.82, 2.24) is 10.2 Å². The Morgan fingerprint density at radius 3 is 2.23 bits per heavy atom. The van der Waals surface area contributed by atoms with Crippen molar-refractivity contribution >= 4 is 50.7 Å². The van der Waals surface area contributed by atoms with Crippen LogP contribution in [0.4, 0.5) is 5.69 Å². The number of hydrogen-bond donors (Lipinski definition) is 1. The fourth-order valence-corrected chi connectivity index (χ4v) is 7.55. The predicted molar refractivity (Wildman–Crippen MR) is 185 cm³/mol. The fraction of sp³-hybridized carbons (Fsp3) is 0.278. The highest BCUT2D eigenvalue weighted by molar-refractivity contribution is 7.92. The summed E-state index contributed by atoms with van der Waals surface area (Å²) in [5, 5.41) is 3.90. The molecule has 1 atom stereocenters. The minimum Gasteiger partial charge on any atom is -0.497 e. The van der Waals surface area contributed by atoms with Gasteiger partial charge in [0.1, 0.15) is 18.3 Å². The second kappa shape index (κ2) is 15.7. The molecule has 1 saturated carbocycles. The van der Waals surface area contributed by atoms with Crippen molar-refractivity contribution in [2.45, 2.75) is 55.6 Å². The zero-order valence-corrected chi connectivity index (χ0v) is 28.3. The van der Waals surface area contributed by atoms with Gasteiger partial charge in [0.15, 0.2) is 0 Å². The Morgan fingerprint density at radius 2 is 1.57 bits per heavy atom. The molecule has 0 bridgehead atoms. The van der Waals surface area contributed by atoms with E-state index in [9.17, 15) is 18.0 Å². The average molecular weight is 695 g/mol. The second-order valence-corrected chi connectivity index (χ2v) is 14.2.